The molecule has 0 atom stereocenters. The van der Waals surface area contributed by atoms with Gasteiger partial charge in [-0.25, -0.2) is 4.79 Å². The molecule has 1 aliphatic rings. The van der Waals surface area contributed by atoms with Crippen LogP contribution in [0.2, 0.25) is 0 Å². The van der Waals surface area contributed by atoms with Crippen LogP contribution in [0.3, 0.4) is 0 Å². The van der Waals surface area contributed by atoms with Crippen molar-refractivity contribution in [1.82, 2.24) is 4.90 Å². The van der Waals surface area contributed by atoms with E-state index in [9.17, 15) is 9.59 Å². The molecule has 1 heterocycles. The van der Waals surface area contributed by atoms with Crippen LogP contribution in [0, 0.1) is 0 Å². The number of hydrogen-bond acceptors (Lipinski definition) is 3. The largest absolute Gasteiger partial charge is 0.475 e. The third kappa shape index (κ3) is 2.97. The van der Waals surface area contributed by atoms with Crippen molar-refractivity contribution in [3.8, 4) is 0 Å². The summed E-state index contributed by atoms with van der Waals surface area (Å²) in [7, 11) is 0. The Hall–Kier alpha value is -2.56. The number of amides is 1. The molecule has 108 valence electrons. The fourth-order valence-electron chi connectivity index (χ4n) is 2.24. The number of furan rings is 1. The predicted molar refractivity (Wildman–Crippen MR) is 75.0 cm³/mol. The first-order chi connectivity index (χ1) is 10.1. The van der Waals surface area contributed by atoms with Gasteiger partial charge < -0.3 is 14.4 Å². The third-order valence-electron chi connectivity index (χ3n) is 3.47. The van der Waals surface area contributed by atoms with Crippen molar-refractivity contribution in [2.24, 2.45) is 0 Å². The lowest BCUT2D eigenvalue weighted by Gasteiger charge is -2.21. The molecule has 2 aromatic rings. The van der Waals surface area contributed by atoms with Crippen LogP contribution < -0.4 is 0 Å². The second kappa shape index (κ2) is 5.44. The molecule has 5 heteroatoms. The molecule has 0 aliphatic heterocycles. The third-order valence-corrected chi connectivity index (χ3v) is 3.47. The summed E-state index contributed by atoms with van der Waals surface area (Å²) in [4.78, 5) is 25.1. The number of carbonyl (C=O) groups is 2. The summed E-state index contributed by atoms with van der Waals surface area (Å²) >= 11 is 0. The minimum Gasteiger partial charge on any atom is -0.475 e. The van der Waals surface area contributed by atoms with Crippen molar-refractivity contribution in [2.45, 2.75) is 25.4 Å². The zero-order valence-corrected chi connectivity index (χ0v) is 11.4. The quantitative estimate of drug-likeness (QED) is 0.917. The molecule has 1 N–H and O–H groups in total. The van der Waals surface area contributed by atoms with E-state index < -0.39 is 5.97 Å². The Morgan fingerprint density at radius 1 is 1.10 bits per heavy atom. The van der Waals surface area contributed by atoms with Gasteiger partial charge in [-0.2, -0.15) is 0 Å². The first-order valence-corrected chi connectivity index (χ1v) is 6.83. The maximum absolute atomic E-state index is 12.5. The van der Waals surface area contributed by atoms with Crippen LogP contribution in [0.1, 0.15) is 39.5 Å². The summed E-state index contributed by atoms with van der Waals surface area (Å²) < 4.78 is 5.11. The van der Waals surface area contributed by atoms with Crippen LogP contribution in [0.25, 0.3) is 0 Å². The number of aromatic carboxylic acids is 1. The smallest absolute Gasteiger partial charge is 0.371 e. The van der Waals surface area contributed by atoms with Crippen LogP contribution in [0.4, 0.5) is 0 Å². The number of rotatable bonds is 5. The summed E-state index contributed by atoms with van der Waals surface area (Å²) in [5, 5.41) is 8.86. The van der Waals surface area contributed by atoms with Crippen molar-refractivity contribution in [2.75, 3.05) is 0 Å². The molecule has 21 heavy (non-hydrogen) atoms. The molecule has 1 amide bonds. The van der Waals surface area contributed by atoms with Crippen LogP contribution in [0.15, 0.2) is 46.9 Å². The van der Waals surface area contributed by atoms with Crippen molar-refractivity contribution in [3.63, 3.8) is 0 Å². The number of nitrogens with zero attached hydrogens (tertiary/aromatic N) is 1. The standard InChI is InChI=1S/C16H15NO4/c18-15(13-8-9-14(21-13)16(19)20)17(12-6-7-12)10-11-4-2-1-3-5-11/h1-5,8-9,12H,6-7,10H2,(H,19,20). The summed E-state index contributed by atoms with van der Waals surface area (Å²) in [6.07, 6.45) is 1.95. The first kappa shape index (κ1) is 13.4. The molecule has 0 spiro atoms. The molecule has 1 fully saturated rings. The Bertz CT molecular complexity index is 658. The highest BCUT2D eigenvalue weighted by molar-refractivity contribution is 5.93. The van der Waals surface area contributed by atoms with E-state index in [0.29, 0.717) is 6.54 Å². The van der Waals surface area contributed by atoms with Crippen LogP contribution in [-0.4, -0.2) is 27.9 Å². The lowest BCUT2D eigenvalue weighted by molar-refractivity contribution is 0.0644. The molecule has 1 aromatic heterocycles. The molecule has 0 unspecified atom stereocenters. The van der Waals surface area contributed by atoms with E-state index in [1.807, 2.05) is 30.3 Å². The van der Waals surface area contributed by atoms with E-state index in [4.69, 9.17) is 9.52 Å². The molecular weight excluding hydrogens is 270 g/mol. The van der Waals surface area contributed by atoms with E-state index in [0.717, 1.165) is 18.4 Å². The van der Waals surface area contributed by atoms with Crippen LogP contribution in [-0.2, 0) is 6.54 Å². The molecule has 1 saturated carbocycles. The predicted octanol–water partition coefficient (Wildman–Crippen LogP) is 2.78. The van der Waals surface area contributed by atoms with Crippen molar-refractivity contribution in [1.29, 1.82) is 0 Å². The average molecular weight is 285 g/mol. The summed E-state index contributed by atoms with van der Waals surface area (Å²) in [5.41, 5.74) is 1.04. The SMILES string of the molecule is O=C(O)c1ccc(C(=O)N(Cc2ccccc2)C2CC2)o1. The van der Waals surface area contributed by atoms with Gasteiger partial charge in [-0.1, -0.05) is 30.3 Å². The van der Waals surface area contributed by atoms with Gasteiger partial charge >= 0.3 is 5.97 Å². The summed E-state index contributed by atoms with van der Waals surface area (Å²) in [6, 6.07) is 12.7. The molecule has 1 aliphatic carbocycles. The molecular formula is C16H15NO4. The van der Waals surface area contributed by atoms with Gasteiger partial charge in [0.15, 0.2) is 5.76 Å². The van der Waals surface area contributed by atoms with E-state index in [-0.39, 0.29) is 23.5 Å². The Balaban J connectivity index is 1.80. The minimum absolute atomic E-state index is 0.0789. The van der Waals surface area contributed by atoms with Gasteiger partial charge in [-0.3, -0.25) is 4.79 Å². The van der Waals surface area contributed by atoms with Gasteiger partial charge in [0, 0.05) is 12.6 Å². The van der Waals surface area contributed by atoms with Gasteiger partial charge in [0.2, 0.25) is 5.76 Å². The van der Waals surface area contributed by atoms with Gasteiger partial charge in [-0.15, -0.1) is 0 Å². The Morgan fingerprint density at radius 3 is 2.33 bits per heavy atom. The Labute approximate surface area is 121 Å². The van der Waals surface area contributed by atoms with Crippen LogP contribution in [0.5, 0.6) is 0 Å². The molecule has 5 nitrogen and oxygen atoms in total. The number of carbonyl (C=O) groups excluding carboxylic acids is 1. The normalized spacial score (nSPS) is 13.9. The fraction of sp³-hybridized carbons (Fsp3) is 0.250. The molecule has 1 aromatic carbocycles. The highest BCUT2D eigenvalue weighted by Crippen LogP contribution is 2.30. The molecule has 3 rings (SSSR count). The lowest BCUT2D eigenvalue weighted by atomic mass is 10.2. The van der Waals surface area contributed by atoms with Gasteiger partial charge in [0.1, 0.15) is 0 Å². The van der Waals surface area contributed by atoms with Gasteiger partial charge in [0.25, 0.3) is 5.91 Å². The minimum atomic E-state index is -1.17. The highest BCUT2D eigenvalue weighted by atomic mass is 16.4. The van der Waals surface area contributed by atoms with Crippen LogP contribution >= 0.6 is 0 Å². The van der Waals surface area contributed by atoms with Crippen molar-refractivity contribution < 1.29 is 19.1 Å². The zero-order chi connectivity index (χ0) is 14.8. The monoisotopic (exact) mass is 285 g/mol. The maximum Gasteiger partial charge on any atom is 0.371 e. The van der Waals surface area contributed by atoms with E-state index in [2.05, 4.69) is 0 Å². The molecule has 0 radical (unpaired) electrons. The number of carboxylic acid groups (broad SMARTS) is 1. The summed E-state index contributed by atoms with van der Waals surface area (Å²) in [6.45, 7) is 0.507. The van der Waals surface area contributed by atoms with Crippen molar-refractivity contribution in [3.05, 3.63) is 59.5 Å². The molecule has 0 saturated heterocycles. The van der Waals surface area contributed by atoms with E-state index >= 15 is 0 Å². The van der Waals surface area contributed by atoms with Gasteiger partial charge in [0.05, 0.1) is 0 Å². The molecule has 0 bridgehead atoms. The Morgan fingerprint density at radius 2 is 1.76 bits per heavy atom. The first-order valence-electron chi connectivity index (χ1n) is 6.83. The van der Waals surface area contributed by atoms with Crippen molar-refractivity contribution >= 4 is 11.9 Å². The Kier molecular flexibility index (Phi) is 3.48. The number of hydrogen-bond donors (Lipinski definition) is 1. The fourth-order valence-corrected chi connectivity index (χ4v) is 2.24. The maximum atomic E-state index is 12.5. The zero-order valence-electron chi connectivity index (χ0n) is 11.4. The number of benzene rings is 1. The van der Waals surface area contributed by atoms with Gasteiger partial charge in [-0.05, 0) is 30.5 Å². The van der Waals surface area contributed by atoms with E-state index in [1.54, 1.807) is 4.90 Å². The van der Waals surface area contributed by atoms with E-state index in [1.165, 1.54) is 12.1 Å². The summed E-state index contributed by atoms with van der Waals surface area (Å²) in [5.74, 6) is -1.56. The highest BCUT2D eigenvalue weighted by Gasteiger charge is 2.34. The average Bonchev–Trinajstić information content (AvgIpc) is 3.20. The topological polar surface area (TPSA) is 70.8 Å². The second-order valence-corrected chi connectivity index (χ2v) is 5.12. The lowest BCUT2D eigenvalue weighted by Crippen LogP contribution is -2.32. The number of carboxylic acids is 1. The second-order valence-electron chi connectivity index (χ2n) is 5.12.